The summed E-state index contributed by atoms with van der Waals surface area (Å²) in [4.78, 5) is 29.0. The summed E-state index contributed by atoms with van der Waals surface area (Å²) in [6.45, 7) is 13.9. The first-order valence-corrected chi connectivity index (χ1v) is 13.4. The molecule has 39 heavy (non-hydrogen) atoms. The number of aromatic nitrogens is 4. The summed E-state index contributed by atoms with van der Waals surface area (Å²) in [6.07, 6.45) is 13.0. The summed E-state index contributed by atoms with van der Waals surface area (Å²) in [5, 5.41) is 3.22. The predicted octanol–water partition coefficient (Wildman–Crippen LogP) is 4.83. The average molecular weight is 535 g/mol. The van der Waals surface area contributed by atoms with Crippen LogP contribution in [0, 0.1) is 5.92 Å². The molecular formula is C29H38N6O4. The zero-order valence-corrected chi connectivity index (χ0v) is 23.0. The van der Waals surface area contributed by atoms with E-state index >= 15 is 0 Å². The molecule has 4 rings (SSSR count). The summed E-state index contributed by atoms with van der Waals surface area (Å²) in [7, 11) is 1.60. The Balaban J connectivity index is 1.63. The maximum absolute atomic E-state index is 13.4. The highest BCUT2D eigenvalue weighted by molar-refractivity contribution is 5.75. The van der Waals surface area contributed by atoms with Crippen LogP contribution in [0.5, 0.6) is 11.6 Å². The number of carbonyl (C=O) groups excluding carboxylic acids is 1. The van der Waals surface area contributed by atoms with E-state index in [9.17, 15) is 4.79 Å². The van der Waals surface area contributed by atoms with Gasteiger partial charge in [-0.3, -0.25) is 4.98 Å². The monoisotopic (exact) mass is 534 g/mol. The summed E-state index contributed by atoms with van der Waals surface area (Å²) < 4.78 is 19.0. The average Bonchev–Trinajstić information content (AvgIpc) is 3.65. The van der Waals surface area contributed by atoms with E-state index < -0.39 is 0 Å². The molecule has 2 unspecified atom stereocenters. The molecule has 1 aliphatic rings. The summed E-state index contributed by atoms with van der Waals surface area (Å²) >= 11 is 0. The van der Waals surface area contributed by atoms with Crippen LogP contribution in [0.15, 0.2) is 56.2 Å². The zero-order valence-electron chi connectivity index (χ0n) is 23.0. The third-order valence-electron chi connectivity index (χ3n) is 7.05. The lowest BCUT2D eigenvalue weighted by molar-refractivity contribution is 0.162. The number of pyridine rings is 1. The standard InChI is InChI=1S/C29H38N6O4/c1-6-9-14-39-28-27-30-12-13-34(27)18-25(32-28)22-16-24(31-17-26(22)37-5)20(4)35(8-3)29(36)33-23(10-7-2)21-11-15-38-19-21/h6-7,12-13,16-18,20-21,23H,1-2,8-11,14-15,19H2,3-5H3,(H,33,36)/t20-,21?,23?/m1/s1. The van der Waals surface area contributed by atoms with Gasteiger partial charge in [0.15, 0.2) is 0 Å². The minimum Gasteiger partial charge on any atom is -0.494 e. The summed E-state index contributed by atoms with van der Waals surface area (Å²) in [6, 6.07) is 1.45. The van der Waals surface area contributed by atoms with Crippen LogP contribution in [0.1, 0.15) is 44.8 Å². The first-order chi connectivity index (χ1) is 19.0. The topological polar surface area (TPSA) is 103 Å². The van der Waals surface area contributed by atoms with Crippen molar-refractivity contribution in [2.24, 2.45) is 5.92 Å². The van der Waals surface area contributed by atoms with E-state index in [-0.39, 0.29) is 24.0 Å². The smallest absolute Gasteiger partial charge is 0.318 e. The van der Waals surface area contributed by atoms with Crippen LogP contribution in [0.25, 0.3) is 16.9 Å². The van der Waals surface area contributed by atoms with E-state index in [4.69, 9.17) is 19.2 Å². The zero-order chi connectivity index (χ0) is 27.8. The fourth-order valence-electron chi connectivity index (χ4n) is 4.83. The number of nitrogens with zero attached hydrogens (tertiary/aromatic N) is 5. The van der Waals surface area contributed by atoms with Crippen LogP contribution in [0.4, 0.5) is 4.79 Å². The second-order valence-corrected chi connectivity index (χ2v) is 9.49. The van der Waals surface area contributed by atoms with Gasteiger partial charge in [-0.15, -0.1) is 13.2 Å². The van der Waals surface area contributed by atoms with E-state index in [1.165, 1.54) is 0 Å². The molecule has 0 radical (unpaired) electrons. The minimum absolute atomic E-state index is 0.0243. The van der Waals surface area contributed by atoms with Gasteiger partial charge in [0.25, 0.3) is 5.88 Å². The van der Waals surface area contributed by atoms with Gasteiger partial charge in [-0.05, 0) is 39.2 Å². The molecule has 3 atom stereocenters. The van der Waals surface area contributed by atoms with Gasteiger partial charge in [0, 0.05) is 49.3 Å². The lowest BCUT2D eigenvalue weighted by Crippen LogP contribution is -2.48. The number of rotatable bonds is 13. The van der Waals surface area contributed by atoms with E-state index in [1.807, 2.05) is 42.8 Å². The van der Waals surface area contributed by atoms with E-state index in [2.05, 4.69) is 28.4 Å². The summed E-state index contributed by atoms with van der Waals surface area (Å²) in [5.74, 6) is 1.26. The number of hydrogen-bond donors (Lipinski definition) is 1. The molecule has 1 N–H and O–H groups in total. The van der Waals surface area contributed by atoms with Gasteiger partial charge in [0.2, 0.25) is 5.65 Å². The molecule has 4 heterocycles. The number of methoxy groups -OCH3 is 1. The molecule has 3 aromatic heterocycles. The predicted molar refractivity (Wildman–Crippen MR) is 150 cm³/mol. The van der Waals surface area contributed by atoms with Crippen LogP contribution in [-0.4, -0.2) is 69.8 Å². The Hall–Kier alpha value is -3.92. The van der Waals surface area contributed by atoms with Gasteiger partial charge < -0.3 is 28.8 Å². The molecule has 1 fully saturated rings. The molecule has 0 bridgehead atoms. The van der Waals surface area contributed by atoms with Crippen molar-refractivity contribution in [1.29, 1.82) is 0 Å². The third kappa shape index (κ3) is 6.39. The molecule has 2 amide bonds. The number of imidazole rings is 1. The Labute approximate surface area is 229 Å². The number of ether oxygens (including phenoxy) is 3. The van der Waals surface area contributed by atoms with E-state index in [1.54, 1.807) is 30.5 Å². The molecule has 0 spiro atoms. The second kappa shape index (κ2) is 13.2. The molecule has 10 nitrogen and oxygen atoms in total. The van der Waals surface area contributed by atoms with Crippen molar-refractivity contribution in [2.45, 2.75) is 45.2 Å². The summed E-state index contributed by atoms with van der Waals surface area (Å²) in [5.41, 5.74) is 2.72. The molecule has 1 aliphatic heterocycles. The molecule has 3 aromatic rings. The molecular weight excluding hydrogens is 496 g/mol. The Morgan fingerprint density at radius 1 is 1.36 bits per heavy atom. The van der Waals surface area contributed by atoms with Gasteiger partial charge >= 0.3 is 6.03 Å². The fourth-order valence-corrected chi connectivity index (χ4v) is 4.83. The van der Waals surface area contributed by atoms with Crippen LogP contribution in [-0.2, 0) is 4.74 Å². The largest absolute Gasteiger partial charge is 0.494 e. The maximum atomic E-state index is 13.4. The third-order valence-corrected chi connectivity index (χ3v) is 7.05. The lowest BCUT2D eigenvalue weighted by Gasteiger charge is -2.31. The van der Waals surface area contributed by atoms with Gasteiger partial charge in [0.05, 0.1) is 44.0 Å². The van der Waals surface area contributed by atoms with Gasteiger partial charge in [-0.25, -0.2) is 14.8 Å². The second-order valence-electron chi connectivity index (χ2n) is 9.49. The van der Waals surface area contributed by atoms with Gasteiger partial charge in [-0.2, -0.15) is 0 Å². The van der Waals surface area contributed by atoms with Crippen molar-refractivity contribution in [2.75, 3.05) is 33.5 Å². The molecule has 0 saturated carbocycles. The van der Waals surface area contributed by atoms with Crippen molar-refractivity contribution in [3.05, 3.63) is 61.9 Å². The normalized spacial score (nSPS) is 16.4. The van der Waals surface area contributed by atoms with Crippen LogP contribution >= 0.6 is 0 Å². The number of fused-ring (bicyclic) bond motifs is 1. The van der Waals surface area contributed by atoms with Crippen molar-refractivity contribution in [3.63, 3.8) is 0 Å². The van der Waals surface area contributed by atoms with Crippen molar-refractivity contribution >= 4 is 11.7 Å². The Kier molecular flexibility index (Phi) is 9.54. The lowest BCUT2D eigenvalue weighted by atomic mass is 9.96. The highest BCUT2D eigenvalue weighted by Crippen LogP contribution is 2.33. The Bertz CT molecular complexity index is 1290. The Morgan fingerprint density at radius 3 is 2.90 bits per heavy atom. The molecule has 0 aliphatic carbocycles. The van der Waals surface area contributed by atoms with Gasteiger partial charge in [0.1, 0.15) is 5.75 Å². The highest BCUT2D eigenvalue weighted by Gasteiger charge is 2.29. The minimum atomic E-state index is -0.302. The Morgan fingerprint density at radius 2 is 2.21 bits per heavy atom. The fraction of sp³-hybridized carbons (Fsp3) is 0.448. The molecule has 208 valence electrons. The van der Waals surface area contributed by atoms with Crippen molar-refractivity contribution < 1.29 is 19.0 Å². The number of nitrogens with one attached hydrogen (secondary N) is 1. The molecule has 10 heteroatoms. The van der Waals surface area contributed by atoms with E-state index in [0.29, 0.717) is 61.3 Å². The highest BCUT2D eigenvalue weighted by atomic mass is 16.5. The van der Waals surface area contributed by atoms with Crippen LogP contribution in [0.3, 0.4) is 0 Å². The molecule has 1 saturated heterocycles. The van der Waals surface area contributed by atoms with E-state index in [0.717, 1.165) is 18.6 Å². The van der Waals surface area contributed by atoms with Crippen LogP contribution < -0.4 is 14.8 Å². The van der Waals surface area contributed by atoms with Crippen molar-refractivity contribution in [1.82, 2.24) is 29.6 Å². The number of urea groups is 1. The number of hydrogen-bond acceptors (Lipinski definition) is 7. The first-order valence-electron chi connectivity index (χ1n) is 13.4. The van der Waals surface area contributed by atoms with Crippen LogP contribution in [0.2, 0.25) is 0 Å². The SMILES string of the molecule is C=CCCOc1nc(-c2cc([C@@H](C)N(CC)C(=O)NC(CC=C)C3CCOC3)ncc2OC)cn2ccnc12. The number of amides is 2. The quantitative estimate of drug-likeness (QED) is 0.248. The maximum Gasteiger partial charge on any atom is 0.318 e. The van der Waals surface area contributed by atoms with Gasteiger partial charge in [-0.1, -0.05) is 12.2 Å². The number of carbonyl (C=O) groups is 1. The van der Waals surface area contributed by atoms with Crippen molar-refractivity contribution in [3.8, 4) is 22.9 Å². The molecule has 0 aromatic carbocycles. The first kappa shape index (κ1) is 28.1.